The third-order valence-electron chi connectivity index (χ3n) is 5.31. The van der Waals surface area contributed by atoms with Gasteiger partial charge in [-0.2, -0.15) is 0 Å². The molecule has 3 amide bonds. The number of nitrogens with one attached hydrogen (secondary N) is 2. The minimum absolute atomic E-state index is 0.0181. The number of carbonyl (C=O) groups is 2. The van der Waals surface area contributed by atoms with Crippen LogP contribution in [0.15, 0.2) is 47.1 Å². The molecule has 0 unspecified atom stereocenters. The minimum Gasteiger partial charge on any atom is -0.493 e. The van der Waals surface area contributed by atoms with E-state index >= 15 is 0 Å². The van der Waals surface area contributed by atoms with Crippen molar-refractivity contribution in [3.05, 3.63) is 54.0 Å². The number of nitrogens with zero attached hydrogens (tertiary/aromatic N) is 1. The molecule has 0 aliphatic carbocycles. The van der Waals surface area contributed by atoms with E-state index < -0.39 is 0 Å². The largest absolute Gasteiger partial charge is 0.493 e. The molecule has 1 fully saturated rings. The summed E-state index contributed by atoms with van der Waals surface area (Å²) < 4.78 is 15.7. The predicted octanol–water partition coefficient (Wildman–Crippen LogP) is 3.05. The highest BCUT2D eigenvalue weighted by atomic mass is 16.5. The van der Waals surface area contributed by atoms with Gasteiger partial charge in [0.1, 0.15) is 5.76 Å². The van der Waals surface area contributed by atoms with Gasteiger partial charge in [-0.3, -0.25) is 4.79 Å². The molecule has 1 aliphatic rings. The molecule has 1 aromatic carbocycles. The van der Waals surface area contributed by atoms with Crippen molar-refractivity contribution in [2.24, 2.45) is 5.92 Å². The summed E-state index contributed by atoms with van der Waals surface area (Å²) in [7, 11) is 3.16. The third-order valence-corrected chi connectivity index (χ3v) is 5.31. The summed E-state index contributed by atoms with van der Waals surface area (Å²) in [4.78, 5) is 26.2. The topological polar surface area (TPSA) is 93.0 Å². The molecule has 0 radical (unpaired) electrons. The van der Waals surface area contributed by atoms with Gasteiger partial charge in [-0.25, -0.2) is 4.79 Å². The Kier molecular flexibility index (Phi) is 7.98. The number of hydrogen-bond donors (Lipinski definition) is 2. The Hall–Kier alpha value is -3.42. The number of rotatable bonds is 8. The number of amides is 3. The molecule has 8 heteroatoms. The van der Waals surface area contributed by atoms with Crippen LogP contribution in [0.1, 0.15) is 24.2 Å². The second-order valence-corrected chi connectivity index (χ2v) is 7.37. The summed E-state index contributed by atoms with van der Waals surface area (Å²) in [5, 5.41) is 5.78. The molecule has 1 saturated heterocycles. The van der Waals surface area contributed by atoms with Crippen LogP contribution >= 0.6 is 0 Å². The first kappa shape index (κ1) is 22.3. The Morgan fingerprint density at radius 2 is 1.90 bits per heavy atom. The average Bonchev–Trinajstić information content (AvgIpc) is 3.33. The number of piperidine rings is 1. The van der Waals surface area contributed by atoms with Gasteiger partial charge in [0.25, 0.3) is 0 Å². The van der Waals surface area contributed by atoms with E-state index in [0.717, 1.165) is 18.4 Å². The van der Waals surface area contributed by atoms with E-state index in [1.54, 1.807) is 44.8 Å². The molecule has 8 nitrogen and oxygen atoms in total. The van der Waals surface area contributed by atoms with Gasteiger partial charge in [0, 0.05) is 32.3 Å². The van der Waals surface area contributed by atoms with Crippen molar-refractivity contribution >= 4 is 18.0 Å². The maximum absolute atomic E-state index is 12.3. The van der Waals surface area contributed by atoms with Crippen LogP contribution in [0.5, 0.6) is 11.5 Å². The first-order chi connectivity index (χ1) is 15.1. The monoisotopic (exact) mass is 427 g/mol. The Balaban J connectivity index is 1.35. The zero-order valence-electron chi connectivity index (χ0n) is 17.9. The fourth-order valence-electron chi connectivity index (χ4n) is 3.47. The van der Waals surface area contributed by atoms with Crippen LogP contribution in [0.25, 0.3) is 6.08 Å². The molecule has 0 saturated carbocycles. The molecule has 1 aromatic heterocycles. The number of benzene rings is 1. The molecule has 31 heavy (non-hydrogen) atoms. The number of likely N-dealkylation sites (tertiary alicyclic amines) is 1. The first-order valence-electron chi connectivity index (χ1n) is 10.3. The molecule has 166 valence electrons. The van der Waals surface area contributed by atoms with E-state index in [1.807, 2.05) is 23.1 Å². The highest BCUT2D eigenvalue weighted by Crippen LogP contribution is 2.27. The lowest BCUT2D eigenvalue weighted by molar-refractivity contribution is -0.127. The quantitative estimate of drug-likeness (QED) is 0.632. The smallest absolute Gasteiger partial charge is 0.315 e. The molecule has 1 aliphatic heterocycles. The molecule has 0 atom stereocenters. The lowest BCUT2D eigenvalue weighted by atomic mass is 9.97. The van der Waals surface area contributed by atoms with Crippen LogP contribution in [0.3, 0.4) is 0 Å². The highest BCUT2D eigenvalue weighted by molar-refractivity contribution is 5.91. The molecule has 3 rings (SSSR count). The summed E-state index contributed by atoms with van der Waals surface area (Å²) in [5.74, 6) is 2.27. The van der Waals surface area contributed by atoms with Crippen molar-refractivity contribution in [2.45, 2.75) is 19.4 Å². The fraction of sp³-hybridized carbons (Fsp3) is 0.391. The zero-order valence-corrected chi connectivity index (χ0v) is 17.9. The van der Waals surface area contributed by atoms with Crippen molar-refractivity contribution in [3.63, 3.8) is 0 Å². The molecule has 0 spiro atoms. The molecular formula is C23H29N3O5. The minimum atomic E-state index is -0.213. The van der Waals surface area contributed by atoms with Crippen molar-refractivity contribution in [1.29, 1.82) is 0 Å². The van der Waals surface area contributed by atoms with Crippen LogP contribution in [0, 0.1) is 5.92 Å². The lowest BCUT2D eigenvalue weighted by Crippen LogP contribution is -2.43. The number of carbonyl (C=O) groups excluding carboxylic acids is 2. The summed E-state index contributed by atoms with van der Waals surface area (Å²) in [5.41, 5.74) is 0.919. The normalized spacial score (nSPS) is 14.5. The molecule has 2 N–H and O–H groups in total. The number of urea groups is 1. The second kappa shape index (κ2) is 11.1. The van der Waals surface area contributed by atoms with E-state index in [1.165, 1.54) is 0 Å². The van der Waals surface area contributed by atoms with E-state index in [-0.39, 0.29) is 11.9 Å². The van der Waals surface area contributed by atoms with Gasteiger partial charge in [0.2, 0.25) is 5.91 Å². The van der Waals surface area contributed by atoms with Gasteiger partial charge in [-0.15, -0.1) is 0 Å². The highest BCUT2D eigenvalue weighted by Gasteiger charge is 2.22. The van der Waals surface area contributed by atoms with E-state index in [9.17, 15) is 9.59 Å². The first-order valence-corrected chi connectivity index (χ1v) is 10.3. The summed E-state index contributed by atoms with van der Waals surface area (Å²) in [6.45, 7) is 2.34. The van der Waals surface area contributed by atoms with Gasteiger partial charge in [-0.05, 0) is 54.7 Å². The summed E-state index contributed by atoms with van der Waals surface area (Å²) >= 11 is 0. The molecule has 2 heterocycles. The van der Waals surface area contributed by atoms with Gasteiger partial charge in [-0.1, -0.05) is 6.07 Å². The predicted molar refractivity (Wildman–Crippen MR) is 117 cm³/mol. The number of hydrogen-bond acceptors (Lipinski definition) is 5. The maximum Gasteiger partial charge on any atom is 0.315 e. The molecular weight excluding hydrogens is 398 g/mol. The van der Waals surface area contributed by atoms with Gasteiger partial charge in [0.15, 0.2) is 11.5 Å². The third kappa shape index (κ3) is 6.53. The van der Waals surface area contributed by atoms with Crippen LogP contribution in [-0.4, -0.2) is 50.7 Å². The van der Waals surface area contributed by atoms with E-state index in [0.29, 0.717) is 49.4 Å². The second-order valence-electron chi connectivity index (χ2n) is 7.37. The van der Waals surface area contributed by atoms with Gasteiger partial charge >= 0.3 is 6.03 Å². The van der Waals surface area contributed by atoms with Gasteiger partial charge < -0.3 is 29.4 Å². The van der Waals surface area contributed by atoms with Crippen LogP contribution in [0.2, 0.25) is 0 Å². The number of methoxy groups -OCH3 is 2. The van der Waals surface area contributed by atoms with Crippen LogP contribution in [0.4, 0.5) is 4.79 Å². The van der Waals surface area contributed by atoms with Crippen molar-refractivity contribution in [3.8, 4) is 11.5 Å². The molecule has 0 bridgehead atoms. The molecule has 2 aromatic rings. The Morgan fingerprint density at radius 1 is 1.13 bits per heavy atom. The lowest BCUT2D eigenvalue weighted by Gasteiger charge is -2.31. The number of ether oxygens (including phenoxy) is 2. The zero-order chi connectivity index (χ0) is 22.1. The van der Waals surface area contributed by atoms with Crippen LogP contribution < -0.4 is 20.1 Å². The van der Waals surface area contributed by atoms with Crippen molar-refractivity contribution in [2.75, 3.05) is 33.9 Å². The Morgan fingerprint density at radius 3 is 2.58 bits per heavy atom. The summed E-state index contributed by atoms with van der Waals surface area (Å²) in [6, 6.07) is 8.91. The standard InChI is InChI=1S/C23H29N3O5/c1-29-20-7-5-18(14-21(20)30-2)16-25-23(28)24-15-17-9-11-26(12-10-17)22(27)8-6-19-4-3-13-31-19/h3-8,13-14,17H,9-12,15-16H2,1-2H3,(H2,24,25,28)/b8-6+. The SMILES string of the molecule is COc1ccc(CNC(=O)NCC2CCN(C(=O)/C=C/c3ccco3)CC2)cc1OC. The Labute approximate surface area is 182 Å². The number of furan rings is 1. The fourth-order valence-corrected chi connectivity index (χ4v) is 3.47. The van der Waals surface area contributed by atoms with E-state index in [2.05, 4.69) is 10.6 Å². The van der Waals surface area contributed by atoms with Crippen molar-refractivity contribution < 1.29 is 23.5 Å². The van der Waals surface area contributed by atoms with Crippen molar-refractivity contribution in [1.82, 2.24) is 15.5 Å². The Bertz CT molecular complexity index is 887. The average molecular weight is 428 g/mol. The van der Waals surface area contributed by atoms with E-state index in [4.69, 9.17) is 13.9 Å². The maximum atomic E-state index is 12.3. The van der Waals surface area contributed by atoms with Crippen LogP contribution in [-0.2, 0) is 11.3 Å². The van der Waals surface area contributed by atoms with Gasteiger partial charge in [0.05, 0.1) is 20.5 Å². The summed E-state index contributed by atoms with van der Waals surface area (Å²) in [6.07, 6.45) is 6.51.